The van der Waals surface area contributed by atoms with E-state index in [1.807, 2.05) is 46.1 Å². The molecular formula is C23H29N3O2. The van der Waals surface area contributed by atoms with Gasteiger partial charge in [0.1, 0.15) is 11.8 Å². The van der Waals surface area contributed by atoms with Gasteiger partial charge in [0.05, 0.1) is 5.56 Å². The number of carbonyl (C=O) groups excluding carboxylic acids is 1. The van der Waals surface area contributed by atoms with Gasteiger partial charge in [0.2, 0.25) is 0 Å². The summed E-state index contributed by atoms with van der Waals surface area (Å²) in [6.45, 7) is 4.40. The first-order valence-corrected chi connectivity index (χ1v) is 9.56. The topological polar surface area (TPSA) is 65.4 Å². The molecule has 2 aromatic rings. The Hall–Kier alpha value is -2.84. The molecule has 1 N–H and O–H groups in total. The maximum atomic E-state index is 12.8. The quantitative estimate of drug-likeness (QED) is 0.726. The summed E-state index contributed by atoms with van der Waals surface area (Å²) in [5.41, 5.74) is 1.66. The normalized spacial score (nSPS) is 13.0. The van der Waals surface area contributed by atoms with Crippen LogP contribution in [0.15, 0.2) is 54.6 Å². The van der Waals surface area contributed by atoms with E-state index in [9.17, 15) is 10.1 Å². The average molecular weight is 380 g/mol. The third-order valence-electron chi connectivity index (χ3n) is 4.68. The van der Waals surface area contributed by atoms with Crippen molar-refractivity contribution >= 4 is 5.91 Å². The van der Waals surface area contributed by atoms with E-state index in [1.54, 1.807) is 24.3 Å². The number of nitriles is 1. The second-order valence-electron chi connectivity index (χ2n) is 7.44. The van der Waals surface area contributed by atoms with Gasteiger partial charge in [-0.3, -0.25) is 4.79 Å². The van der Waals surface area contributed by atoms with Crippen molar-refractivity contribution in [3.8, 4) is 11.8 Å². The van der Waals surface area contributed by atoms with Gasteiger partial charge in [0, 0.05) is 12.6 Å². The molecular weight excluding hydrogens is 350 g/mol. The average Bonchev–Trinajstić information content (AvgIpc) is 2.69. The fraction of sp³-hybridized carbons (Fsp3) is 0.391. The fourth-order valence-corrected chi connectivity index (χ4v) is 2.93. The minimum atomic E-state index is -0.658. The number of benzene rings is 2. The van der Waals surface area contributed by atoms with Crippen molar-refractivity contribution in [1.82, 2.24) is 10.2 Å². The van der Waals surface area contributed by atoms with Crippen LogP contribution in [0.4, 0.5) is 0 Å². The first-order chi connectivity index (χ1) is 13.4. The molecule has 28 heavy (non-hydrogen) atoms. The van der Waals surface area contributed by atoms with Crippen molar-refractivity contribution < 1.29 is 9.53 Å². The Kier molecular flexibility index (Phi) is 8.03. The molecule has 0 spiro atoms. The molecule has 0 aliphatic heterocycles. The fourth-order valence-electron chi connectivity index (χ4n) is 2.93. The number of carbonyl (C=O) groups is 1. The zero-order chi connectivity index (χ0) is 20.5. The second-order valence-corrected chi connectivity index (χ2v) is 7.44. The monoisotopic (exact) mass is 379 g/mol. The van der Waals surface area contributed by atoms with Crippen molar-refractivity contribution in [2.24, 2.45) is 5.92 Å². The lowest BCUT2D eigenvalue weighted by atomic mass is 10.0. The van der Waals surface area contributed by atoms with Crippen LogP contribution in [-0.4, -0.2) is 43.6 Å². The SMILES string of the molecule is CC(C)C(Oc1ccccc1C#N)C(=O)NCC(Cc1ccccc1)N(C)C. The number of para-hydroxylation sites is 1. The first-order valence-electron chi connectivity index (χ1n) is 9.56. The third kappa shape index (κ3) is 6.11. The molecule has 0 fully saturated rings. The maximum Gasteiger partial charge on any atom is 0.261 e. The van der Waals surface area contributed by atoms with Crippen molar-refractivity contribution in [3.05, 3.63) is 65.7 Å². The molecule has 0 aliphatic rings. The second kappa shape index (κ2) is 10.5. The van der Waals surface area contributed by atoms with Crippen molar-refractivity contribution in [1.29, 1.82) is 5.26 Å². The van der Waals surface area contributed by atoms with Crippen LogP contribution >= 0.6 is 0 Å². The van der Waals surface area contributed by atoms with Gasteiger partial charge >= 0.3 is 0 Å². The van der Waals surface area contributed by atoms with E-state index in [4.69, 9.17) is 4.74 Å². The summed E-state index contributed by atoms with van der Waals surface area (Å²) in [6, 6.07) is 19.5. The van der Waals surface area contributed by atoms with E-state index in [-0.39, 0.29) is 17.9 Å². The van der Waals surface area contributed by atoms with E-state index in [1.165, 1.54) is 5.56 Å². The number of nitrogens with zero attached hydrogens (tertiary/aromatic N) is 2. The standard InChI is InChI=1S/C23H29N3O2/c1-17(2)22(28-21-13-9-8-12-19(21)15-24)23(27)25-16-20(26(3)4)14-18-10-6-5-7-11-18/h5-13,17,20,22H,14,16H2,1-4H3,(H,25,27). The number of hydrogen-bond donors (Lipinski definition) is 1. The predicted molar refractivity (Wildman–Crippen MR) is 111 cm³/mol. The summed E-state index contributed by atoms with van der Waals surface area (Å²) in [4.78, 5) is 14.9. The van der Waals surface area contributed by atoms with Gasteiger partial charge in [-0.25, -0.2) is 0 Å². The van der Waals surface area contributed by atoms with E-state index >= 15 is 0 Å². The molecule has 2 atom stereocenters. The number of rotatable bonds is 9. The summed E-state index contributed by atoms with van der Waals surface area (Å²) in [5, 5.41) is 12.3. The van der Waals surface area contributed by atoms with Crippen molar-refractivity contribution in [2.75, 3.05) is 20.6 Å². The smallest absolute Gasteiger partial charge is 0.261 e. The van der Waals surface area contributed by atoms with Crippen LogP contribution in [0, 0.1) is 17.2 Å². The highest BCUT2D eigenvalue weighted by atomic mass is 16.5. The number of likely N-dealkylation sites (N-methyl/N-ethyl adjacent to an activating group) is 1. The molecule has 148 valence electrons. The summed E-state index contributed by atoms with van der Waals surface area (Å²) >= 11 is 0. The van der Waals surface area contributed by atoms with Gasteiger partial charge in [-0.1, -0.05) is 56.3 Å². The molecule has 0 radical (unpaired) electrons. The van der Waals surface area contributed by atoms with Crippen molar-refractivity contribution in [2.45, 2.75) is 32.4 Å². The van der Waals surface area contributed by atoms with Gasteiger partial charge in [-0.15, -0.1) is 0 Å². The molecule has 0 saturated heterocycles. The summed E-state index contributed by atoms with van der Waals surface area (Å²) in [5.74, 6) is 0.244. The lowest BCUT2D eigenvalue weighted by molar-refractivity contribution is -0.130. The predicted octanol–water partition coefficient (Wildman–Crippen LogP) is 3.25. The lowest BCUT2D eigenvalue weighted by Gasteiger charge is -2.27. The summed E-state index contributed by atoms with van der Waals surface area (Å²) in [7, 11) is 4.03. The van der Waals surface area contributed by atoms with Gasteiger partial charge < -0.3 is 15.0 Å². The van der Waals surface area contributed by atoms with E-state index in [0.29, 0.717) is 17.9 Å². The maximum absolute atomic E-state index is 12.8. The third-order valence-corrected chi connectivity index (χ3v) is 4.68. The molecule has 2 rings (SSSR count). The highest BCUT2D eigenvalue weighted by Gasteiger charge is 2.26. The van der Waals surface area contributed by atoms with E-state index in [2.05, 4.69) is 28.4 Å². The zero-order valence-electron chi connectivity index (χ0n) is 17.1. The Bertz CT molecular complexity index is 797. The number of hydrogen-bond acceptors (Lipinski definition) is 4. The molecule has 0 bridgehead atoms. The van der Waals surface area contributed by atoms with Crippen LogP contribution in [0.25, 0.3) is 0 Å². The first kappa shape index (κ1) is 21.5. The Morgan fingerprint density at radius 2 is 1.75 bits per heavy atom. The molecule has 5 nitrogen and oxygen atoms in total. The molecule has 0 heterocycles. The van der Waals surface area contributed by atoms with Crippen LogP contribution in [0.3, 0.4) is 0 Å². The molecule has 0 saturated carbocycles. The lowest BCUT2D eigenvalue weighted by Crippen LogP contribution is -2.47. The van der Waals surface area contributed by atoms with Gasteiger partial charge in [-0.05, 0) is 44.1 Å². The molecule has 5 heteroatoms. The van der Waals surface area contributed by atoms with Gasteiger partial charge in [0.25, 0.3) is 5.91 Å². The minimum Gasteiger partial charge on any atom is -0.479 e. The summed E-state index contributed by atoms with van der Waals surface area (Å²) in [6.07, 6.45) is 0.188. The Labute approximate surface area is 167 Å². The van der Waals surface area contributed by atoms with Gasteiger partial charge in [-0.2, -0.15) is 5.26 Å². The summed E-state index contributed by atoms with van der Waals surface area (Å²) < 4.78 is 5.92. The molecule has 0 aromatic heterocycles. The van der Waals surface area contributed by atoms with Crippen LogP contribution < -0.4 is 10.1 Å². The zero-order valence-corrected chi connectivity index (χ0v) is 17.1. The number of ether oxygens (including phenoxy) is 1. The van der Waals surface area contributed by atoms with Crippen LogP contribution in [0.1, 0.15) is 25.0 Å². The number of amides is 1. The largest absolute Gasteiger partial charge is 0.479 e. The van der Waals surface area contributed by atoms with E-state index < -0.39 is 6.10 Å². The van der Waals surface area contributed by atoms with Crippen LogP contribution in [0.5, 0.6) is 5.75 Å². The molecule has 1 amide bonds. The van der Waals surface area contributed by atoms with Crippen LogP contribution in [0.2, 0.25) is 0 Å². The number of nitrogens with one attached hydrogen (secondary N) is 1. The Morgan fingerprint density at radius 3 is 2.36 bits per heavy atom. The van der Waals surface area contributed by atoms with Gasteiger partial charge in [0.15, 0.2) is 6.10 Å². The molecule has 2 aromatic carbocycles. The van der Waals surface area contributed by atoms with E-state index in [0.717, 1.165) is 6.42 Å². The highest BCUT2D eigenvalue weighted by molar-refractivity contribution is 5.81. The highest BCUT2D eigenvalue weighted by Crippen LogP contribution is 2.21. The van der Waals surface area contributed by atoms with Crippen molar-refractivity contribution in [3.63, 3.8) is 0 Å². The molecule has 0 aliphatic carbocycles. The Balaban J connectivity index is 2.03. The Morgan fingerprint density at radius 1 is 1.11 bits per heavy atom. The minimum absolute atomic E-state index is 0.0290. The van der Waals surface area contributed by atoms with Crippen LogP contribution in [-0.2, 0) is 11.2 Å². The molecule has 2 unspecified atom stereocenters.